The molecule has 0 radical (unpaired) electrons. The smallest absolute Gasteiger partial charge is 0.409 e. The molecule has 0 bridgehead atoms. The fraction of sp³-hybridized carbons (Fsp3) is 0.320. The third kappa shape index (κ3) is 5.84. The molecule has 35 heavy (non-hydrogen) atoms. The van der Waals surface area contributed by atoms with Gasteiger partial charge >= 0.3 is 6.09 Å². The van der Waals surface area contributed by atoms with Crippen LogP contribution >= 0.6 is 0 Å². The van der Waals surface area contributed by atoms with Gasteiger partial charge in [0.15, 0.2) is 5.82 Å². The molecule has 1 fully saturated rings. The van der Waals surface area contributed by atoms with Crippen LogP contribution in [-0.2, 0) is 11.8 Å². The summed E-state index contributed by atoms with van der Waals surface area (Å²) in [5, 5.41) is 13.5. The zero-order chi connectivity index (χ0) is 24.8. The molecule has 10 nitrogen and oxygen atoms in total. The van der Waals surface area contributed by atoms with Crippen LogP contribution in [0.1, 0.15) is 18.9 Å². The zero-order valence-electron chi connectivity index (χ0n) is 20.3. The summed E-state index contributed by atoms with van der Waals surface area (Å²) in [4.78, 5) is 22.9. The van der Waals surface area contributed by atoms with Crippen molar-refractivity contribution in [1.29, 1.82) is 0 Å². The lowest BCUT2D eigenvalue weighted by Crippen LogP contribution is -2.26. The van der Waals surface area contributed by atoms with Crippen molar-refractivity contribution in [3.8, 4) is 22.6 Å². The number of nitrogens with zero attached hydrogens (tertiary/aromatic N) is 7. The van der Waals surface area contributed by atoms with Gasteiger partial charge in [-0.15, -0.1) is 0 Å². The van der Waals surface area contributed by atoms with Crippen molar-refractivity contribution in [3.63, 3.8) is 0 Å². The van der Waals surface area contributed by atoms with Crippen molar-refractivity contribution in [2.24, 2.45) is 12.1 Å². The maximum atomic E-state index is 11.7. The monoisotopic (exact) mass is 474 g/mol. The quantitative estimate of drug-likeness (QED) is 0.272. The number of aromatic nitrogens is 4. The highest BCUT2D eigenvalue weighted by Crippen LogP contribution is 2.28. The molecular formula is C25H30N8O2. The second-order valence-corrected chi connectivity index (χ2v) is 8.32. The molecule has 0 spiro atoms. The maximum Gasteiger partial charge on any atom is 0.409 e. The standard InChI is InChI=1S/C25H30N8O2/c1-18(17-32(4)26-2)19-7-5-8-20(15-19)23-28-16-21(22-9-12-31(3)30-22)24(29-23)27-10-6-11-33-13-14-35-25(33)34/h5,7-9,12,15-17H,2,6,10-11,13-14H2,1,3-4H3,(H,27,28,29)/b18-17+. The summed E-state index contributed by atoms with van der Waals surface area (Å²) >= 11 is 0. The Morgan fingerprint density at radius 1 is 1.37 bits per heavy atom. The minimum atomic E-state index is -0.247. The molecule has 3 aromatic rings. The summed E-state index contributed by atoms with van der Waals surface area (Å²) in [5.74, 6) is 1.31. The Morgan fingerprint density at radius 3 is 2.94 bits per heavy atom. The molecule has 0 aliphatic carbocycles. The Kier molecular flexibility index (Phi) is 7.39. The van der Waals surface area contributed by atoms with Crippen molar-refractivity contribution in [2.45, 2.75) is 13.3 Å². The number of carbonyl (C=O) groups excluding carboxylic acids is 1. The van der Waals surface area contributed by atoms with Gasteiger partial charge in [0.05, 0.1) is 17.8 Å². The topological polar surface area (TPSA) is 101 Å². The fourth-order valence-corrected chi connectivity index (χ4v) is 3.81. The van der Waals surface area contributed by atoms with Gasteiger partial charge in [0, 0.05) is 58.1 Å². The lowest BCUT2D eigenvalue weighted by molar-refractivity contribution is 0.158. The van der Waals surface area contributed by atoms with E-state index in [2.05, 4.69) is 33.3 Å². The third-order valence-electron chi connectivity index (χ3n) is 5.70. The van der Waals surface area contributed by atoms with Gasteiger partial charge in [0.2, 0.25) is 0 Å². The highest BCUT2D eigenvalue weighted by Gasteiger charge is 2.21. The molecule has 0 unspecified atom stereocenters. The first-order valence-electron chi connectivity index (χ1n) is 11.5. The Labute approximate surface area is 204 Å². The van der Waals surface area contributed by atoms with E-state index in [1.165, 1.54) is 0 Å². The summed E-state index contributed by atoms with van der Waals surface area (Å²) < 4.78 is 6.75. The number of rotatable bonds is 10. The van der Waals surface area contributed by atoms with Gasteiger partial charge in [-0.25, -0.2) is 14.8 Å². The van der Waals surface area contributed by atoms with E-state index in [0.717, 1.165) is 34.4 Å². The normalized spacial score (nSPS) is 13.6. The van der Waals surface area contributed by atoms with Crippen LogP contribution in [0.25, 0.3) is 28.2 Å². The summed E-state index contributed by atoms with van der Waals surface area (Å²) in [6, 6.07) is 10.0. The van der Waals surface area contributed by atoms with Gasteiger partial charge in [-0.1, -0.05) is 18.2 Å². The molecule has 0 saturated carbocycles. The van der Waals surface area contributed by atoms with Gasteiger partial charge in [-0.05, 0) is 36.6 Å². The van der Waals surface area contributed by atoms with Crippen LogP contribution in [0.15, 0.2) is 54.0 Å². The van der Waals surface area contributed by atoms with Crippen LogP contribution < -0.4 is 5.32 Å². The molecule has 1 aliphatic rings. The van der Waals surface area contributed by atoms with Crippen LogP contribution in [0.5, 0.6) is 0 Å². The molecule has 10 heteroatoms. The molecule has 1 aliphatic heterocycles. The van der Waals surface area contributed by atoms with Gasteiger partial charge in [0.1, 0.15) is 12.4 Å². The van der Waals surface area contributed by atoms with E-state index in [9.17, 15) is 4.79 Å². The van der Waals surface area contributed by atoms with Crippen molar-refractivity contribution in [1.82, 2.24) is 29.7 Å². The minimum Gasteiger partial charge on any atom is -0.448 e. The lowest BCUT2D eigenvalue weighted by atomic mass is 10.0. The highest BCUT2D eigenvalue weighted by atomic mass is 16.6. The summed E-state index contributed by atoms with van der Waals surface area (Å²) in [6.45, 7) is 7.93. The molecule has 182 valence electrons. The van der Waals surface area contributed by atoms with Gasteiger partial charge < -0.3 is 15.0 Å². The van der Waals surface area contributed by atoms with Gasteiger partial charge in [-0.2, -0.15) is 10.2 Å². The number of anilines is 1. The summed E-state index contributed by atoms with van der Waals surface area (Å²) in [7, 11) is 3.71. The molecular weight excluding hydrogens is 444 g/mol. The van der Waals surface area contributed by atoms with E-state index in [0.29, 0.717) is 37.9 Å². The van der Waals surface area contributed by atoms with Gasteiger partial charge in [-0.3, -0.25) is 9.69 Å². The Hall–Kier alpha value is -4.21. The van der Waals surface area contributed by atoms with Crippen molar-refractivity contribution < 1.29 is 9.53 Å². The van der Waals surface area contributed by atoms with Crippen LogP contribution in [0.2, 0.25) is 0 Å². The third-order valence-corrected chi connectivity index (χ3v) is 5.70. The van der Waals surface area contributed by atoms with Crippen LogP contribution in [0, 0.1) is 0 Å². The lowest BCUT2D eigenvalue weighted by Gasteiger charge is -2.14. The Balaban J connectivity index is 1.58. The molecule has 3 heterocycles. The van der Waals surface area contributed by atoms with Crippen LogP contribution in [0.3, 0.4) is 0 Å². The van der Waals surface area contributed by atoms with Crippen molar-refractivity contribution in [2.75, 3.05) is 38.6 Å². The Bertz CT molecular complexity index is 1240. The minimum absolute atomic E-state index is 0.247. The SMILES string of the molecule is C=NN(C)/C=C(\C)c1cccc(-c2ncc(-c3ccn(C)n3)c(NCCCN3CCOC3=O)n2)c1. The number of nitrogens with one attached hydrogen (secondary N) is 1. The number of hydrogen-bond donors (Lipinski definition) is 1. The van der Waals surface area contributed by atoms with Crippen LogP contribution in [0.4, 0.5) is 10.6 Å². The number of benzene rings is 1. The molecule has 1 N–H and O–H groups in total. The van der Waals surface area contributed by atoms with E-state index in [1.807, 2.05) is 57.7 Å². The van der Waals surface area contributed by atoms with Crippen molar-refractivity contribution in [3.05, 3.63) is 54.5 Å². The highest BCUT2D eigenvalue weighted by molar-refractivity contribution is 5.75. The number of ether oxygens (including phenoxy) is 1. The average molecular weight is 475 g/mol. The summed E-state index contributed by atoms with van der Waals surface area (Å²) in [6.07, 6.45) is 6.12. The first-order valence-corrected chi connectivity index (χ1v) is 11.5. The maximum absolute atomic E-state index is 11.7. The number of amides is 1. The molecule has 1 saturated heterocycles. The van der Waals surface area contributed by atoms with Crippen molar-refractivity contribution >= 4 is 24.2 Å². The van der Waals surface area contributed by atoms with Gasteiger partial charge in [0.25, 0.3) is 0 Å². The largest absolute Gasteiger partial charge is 0.448 e. The van der Waals surface area contributed by atoms with Crippen LogP contribution in [-0.4, -0.2) is 75.8 Å². The predicted octanol–water partition coefficient (Wildman–Crippen LogP) is 3.71. The zero-order valence-corrected chi connectivity index (χ0v) is 20.3. The number of allylic oxidation sites excluding steroid dienone is 1. The first-order chi connectivity index (χ1) is 16.9. The van der Waals surface area contributed by atoms with E-state index in [-0.39, 0.29) is 6.09 Å². The molecule has 1 amide bonds. The van der Waals surface area contributed by atoms with E-state index < -0.39 is 0 Å². The average Bonchev–Trinajstić information content (AvgIpc) is 3.49. The number of aryl methyl sites for hydroxylation is 1. The summed E-state index contributed by atoms with van der Waals surface area (Å²) in [5.41, 5.74) is 4.60. The molecule has 0 atom stereocenters. The van der Waals surface area contributed by atoms with E-state index >= 15 is 0 Å². The molecule has 1 aromatic carbocycles. The number of cyclic esters (lactones) is 1. The Morgan fingerprint density at radius 2 is 2.23 bits per heavy atom. The predicted molar refractivity (Wildman–Crippen MR) is 137 cm³/mol. The molecule has 4 rings (SSSR count). The fourth-order valence-electron chi connectivity index (χ4n) is 3.81. The second kappa shape index (κ2) is 10.8. The molecule has 2 aromatic heterocycles. The first kappa shape index (κ1) is 23.9. The number of hydrazone groups is 1. The number of hydrogen-bond acceptors (Lipinski definition) is 8. The second-order valence-electron chi connectivity index (χ2n) is 8.32. The van der Waals surface area contributed by atoms with E-state index in [1.54, 1.807) is 20.8 Å². The van der Waals surface area contributed by atoms with E-state index in [4.69, 9.17) is 9.72 Å². The number of carbonyl (C=O) groups is 1.